The average Bonchev–Trinajstić information content (AvgIpc) is 3.79. The molecule has 0 aliphatic rings. The fraction of sp³-hybridized carbons (Fsp3) is 0. The van der Waals surface area contributed by atoms with Gasteiger partial charge in [0.25, 0.3) is 0 Å². The van der Waals surface area contributed by atoms with E-state index in [9.17, 15) is 0 Å². The number of hydrogen-bond donors (Lipinski definition) is 0. The van der Waals surface area contributed by atoms with Crippen molar-refractivity contribution in [3.05, 3.63) is 206 Å². The molecule has 0 radical (unpaired) electrons. The van der Waals surface area contributed by atoms with Crippen LogP contribution in [-0.4, -0.2) is 19.9 Å². The first-order valence-electron chi connectivity index (χ1n) is 20.5. The van der Waals surface area contributed by atoms with Crippen molar-refractivity contribution >= 4 is 54.3 Å². The second kappa shape index (κ2) is 14.2. The average molecular weight is 779 g/mol. The summed E-state index contributed by atoms with van der Waals surface area (Å²) in [6.45, 7) is 0. The van der Waals surface area contributed by atoms with Gasteiger partial charge >= 0.3 is 0 Å². The van der Waals surface area contributed by atoms with E-state index in [1.54, 1.807) is 0 Å². The number of oxazole rings is 1. The summed E-state index contributed by atoms with van der Waals surface area (Å²) in [7, 11) is 0. The van der Waals surface area contributed by atoms with E-state index in [4.69, 9.17) is 24.4 Å². The van der Waals surface area contributed by atoms with Crippen molar-refractivity contribution in [1.82, 2.24) is 19.9 Å². The second-order valence-electron chi connectivity index (χ2n) is 15.4. The lowest BCUT2D eigenvalue weighted by Gasteiger charge is -2.15. The van der Waals surface area contributed by atoms with Crippen LogP contribution < -0.4 is 0 Å². The van der Waals surface area contributed by atoms with Gasteiger partial charge in [-0.25, -0.2) is 19.9 Å². The zero-order chi connectivity index (χ0) is 40.3. The molecule has 0 saturated heterocycles. The molecule has 12 aromatic rings. The number of benzene rings is 9. The first kappa shape index (κ1) is 34.7. The molecule has 0 atom stereocenters. The Balaban J connectivity index is 1.04. The minimum absolute atomic E-state index is 0.595. The van der Waals surface area contributed by atoms with Crippen LogP contribution in [0.5, 0.6) is 0 Å². The molecule has 0 bridgehead atoms. The van der Waals surface area contributed by atoms with E-state index in [0.717, 1.165) is 94.2 Å². The number of rotatable bonds is 6. The van der Waals surface area contributed by atoms with Gasteiger partial charge < -0.3 is 4.42 Å². The third-order valence-electron chi connectivity index (χ3n) is 11.7. The maximum Gasteiger partial charge on any atom is 0.227 e. The molecule has 12 rings (SSSR count). The zero-order valence-corrected chi connectivity index (χ0v) is 32.8. The first-order chi connectivity index (χ1) is 30.2. The van der Waals surface area contributed by atoms with E-state index in [0.29, 0.717) is 11.7 Å². The Labute approximate surface area is 351 Å². The van der Waals surface area contributed by atoms with Crippen molar-refractivity contribution in [1.29, 1.82) is 0 Å². The van der Waals surface area contributed by atoms with Crippen molar-refractivity contribution in [3.8, 4) is 67.7 Å². The van der Waals surface area contributed by atoms with Gasteiger partial charge in [-0.1, -0.05) is 164 Å². The van der Waals surface area contributed by atoms with Crippen LogP contribution in [0.2, 0.25) is 0 Å². The van der Waals surface area contributed by atoms with E-state index in [1.165, 1.54) is 16.2 Å². The highest BCUT2D eigenvalue weighted by Crippen LogP contribution is 2.43. The Kier molecular flexibility index (Phi) is 8.10. The van der Waals surface area contributed by atoms with Crippen molar-refractivity contribution in [2.24, 2.45) is 0 Å². The Morgan fingerprint density at radius 3 is 1.66 bits per heavy atom. The van der Waals surface area contributed by atoms with E-state index in [2.05, 4.69) is 133 Å². The van der Waals surface area contributed by atoms with Gasteiger partial charge in [-0.15, -0.1) is 0 Å². The maximum atomic E-state index is 6.45. The summed E-state index contributed by atoms with van der Waals surface area (Å²) >= 11 is 0. The summed E-state index contributed by atoms with van der Waals surface area (Å²) in [4.78, 5) is 20.8. The molecule has 3 aromatic heterocycles. The van der Waals surface area contributed by atoms with Crippen LogP contribution in [0.15, 0.2) is 211 Å². The predicted octanol–water partition coefficient (Wildman–Crippen LogP) is 14.6. The van der Waals surface area contributed by atoms with Gasteiger partial charge in [0.2, 0.25) is 5.89 Å². The minimum atomic E-state index is 0.595. The second-order valence-corrected chi connectivity index (χ2v) is 15.4. The molecule has 0 fully saturated rings. The highest BCUT2D eigenvalue weighted by molar-refractivity contribution is 6.23. The molecule has 284 valence electrons. The number of nitrogens with zero attached hydrogens (tertiary/aromatic N) is 4. The van der Waals surface area contributed by atoms with Crippen molar-refractivity contribution < 1.29 is 4.42 Å². The molecule has 0 aliphatic heterocycles. The monoisotopic (exact) mass is 778 g/mol. The highest BCUT2D eigenvalue weighted by Gasteiger charge is 2.20. The summed E-state index contributed by atoms with van der Waals surface area (Å²) in [5, 5.41) is 7.81. The van der Waals surface area contributed by atoms with E-state index in [-0.39, 0.29) is 0 Å². The van der Waals surface area contributed by atoms with Crippen molar-refractivity contribution in [2.75, 3.05) is 0 Å². The van der Waals surface area contributed by atoms with Crippen LogP contribution >= 0.6 is 0 Å². The van der Waals surface area contributed by atoms with Crippen LogP contribution in [-0.2, 0) is 0 Å². The molecule has 3 heterocycles. The van der Waals surface area contributed by atoms with Gasteiger partial charge in [0, 0.05) is 44.0 Å². The van der Waals surface area contributed by atoms with Gasteiger partial charge in [-0.05, 0) is 75.1 Å². The van der Waals surface area contributed by atoms with Crippen molar-refractivity contribution in [2.45, 2.75) is 0 Å². The Bertz CT molecular complexity index is 3560. The normalized spacial score (nSPS) is 11.6. The van der Waals surface area contributed by atoms with E-state index in [1.807, 2.05) is 72.8 Å². The SMILES string of the molecule is c1ccc(-c2cc(-c3ccc(-c4ccc5c(c4)nc(-c4cc6ccccc6c6ccccc46)c4ccc6oc(-c7ccccc7)nc6c45)cc3)nc(-c3ccccc3)n2)cc1. The van der Waals surface area contributed by atoms with Crippen LogP contribution in [0, 0.1) is 0 Å². The first-order valence-corrected chi connectivity index (χ1v) is 20.5. The Morgan fingerprint density at radius 2 is 0.918 bits per heavy atom. The lowest BCUT2D eigenvalue weighted by atomic mass is 9.92. The van der Waals surface area contributed by atoms with Crippen LogP contribution in [0.4, 0.5) is 0 Å². The standard InChI is InChI=1S/C56H34N4O/c1-4-14-36(15-5-1)48-34-49(59-55(58-48)38-16-6-2-7-17-38)37-26-24-35(25-27-37)40-28-29-45-50(33-40)57-53(47-32-41-20-10-11-21-42(41)43-22-12-13-23-44(43)47)46-30-31-51-54(52(45)46)60-56(61-51)39-18-8-3-9-19-39/h1-34H. The third kappa shape index (κ3) is 6.02. The molecule has 0 N–H and O–H groups in total. The summed E-state index contributed by atoms with van der Waals surface area (Å²) in [5.74, 6) is 1.29. The molecule has 0 saturated carbocycles. The fourth-order valence-electron chi connectivity index (χ4n) is 8.72. The molecule has 0 aliphatic carbocycles. The molecule has 5 heteroatoms. The summed E-state index contributed by atoms with van der Waals surface area (Å²) < 4.78 is 6.45. The third-order valence-corrected chi connectivity index (χ3v) is 11.7. The summed E-state index contributed by atoms with van der Waals surface area (Å²) in [6.07, 6.45) is 0. The smallest absolute Gasteiger partial charge is 0.227 e. The number of pyridine rings is 1. The number of aromatic nitrogens is 4. The van der Waals surface area contributed by atoms with Crippen LogP contribution in [0.25, 0.3) is 122 Å². The van der Waals surface area contributed by atoms with E-state index >= 15 is 0 Å². The molecule has 5 nitrogen and oxygen atoms in total. The molecule has 0 amide bonds. The highest BCUT2D eigenvalue weighted by atomic mass is 16.3. The molecule has 0 unspecified atom stereocenters. The predicted molar refractivity (Wildman–Crippen MR) is 250 cm³/mol. The maximum absolute atomic E-state index is 6.45. The molecule has 0 spiro atoms. The van der Waals surface area contributed by atoms with Gasteiger partial charge in [0.1, 0.15) is 5.52 Å². The molecule has 9 aromatic carbocycles. The largest absolute Gasteiger partial charge is 0.436 e. The molecule has 61 heavy (non-hydrogen) atoms. The number of hydrogen-bond acceptors (Lipinski definition) is 5. The van der Waals surface area contributed by atoms with Crippen LogP contribution in [0.3, 0.4) is 0 Å². The van der Waals surface area contributed by atoms with Gasteiger partial charge in [-0.3, -0.25) is 0 Å². The van der Waals surface area contributed by atoms with E-state index < -0.39 is 0 Å². The lowest BCUT2D eigenvalue weighted by molar-refractivity contribution is 0.620. The topological polar surface area (TPSA) is 64.7 Å². The zero-order valence-electron chi connectivity index (χ0n) is 32.8. The molecular formula is C56H34N4O. The summed E-state index contributed by atoms with van der Waals surface area (Å²) in [6, 6.07) is 71.5. The number of fused-ring (bicyclic) bond motifs is 8. The molecular weight excluding hydrogens is 745 g/mol. The van der Waals surface area contributed by atoms with Gasteiger partial charge in [0.15, 0.2) is 11.4 Å². The summed E-state index contributed by atoms with van der Waals surface area (Å²) in [5.41, 5.74) is 12.3. The Morgan fingerprint density at radius 1 is 0.344 bits per heavy atom. The van der Waals surface area contributed by atoms with Crippen LogP contribution in [0.1, 0.15) is 0 Å². The quantitative estimate of drug-likeness (QED) is 0.157. The fourth-order valence-corrected chi connectivity index (χ4v) is 8.72. The Hall–Kier alpha value is -8.28. The van der Waals surface area contributed by atoms with Crippen molar-refractivity contribution in [3.63, 3.8) is 0 Å². The lowest BCUT2D eigenvalue weighted by Crippen LogP contribution is -1.96. The van der Waals surface area contributed by atoms with Gasteiger partial charge in [0.05, 0.1) is 22.6 Å². The van der Waals surface area contributed by atoms with Gasteiger partial charge in [-0.2, -0.15) is 0 Å². The minimum Gasteiger partial charge on any atom is -0.436 e.